The lowest BCUT2D eigenvalue weighted by atomic mass is 9.98. The highest BCUT2D eigenvalue weighted by Crippen LogP contribution is 2.19. The third kappa shape index (κ3) is 4.12. The Balaban J connectivity index is 1.65. The number of nitrogens with zero attached hydrogens (tertiary/aromatic N) is 2. The number of carbonyl (C=O) groups is 1. The summed E-state index contributed by atoms with van der Waals surface area (Å²) in [6, 6.07) is 14.9. The van der Waals surface area contributed by atoms with Crippen LogP contribution in [0.2, 0.25) is 0 Å². The standard InChI is InChI=1S/C20H20N2O3/c1-14-8-9-18-21-17(11-19(23)22(18)12-14)13-25-20(24)10-15(2)16-6-4-3-5-7-16/h3-9,11-12,15H,10,13H2,1-2H3/t15-/m0/s1. The molecule has 2 aromatic heterocycles. The van der Waals surface area contributed by atoms with Gasteiger partial charge in [0.05, 0.1) is 12.1 Å². The van der Waals surface area contributed by atoms with Gasteiger partial charge >= 0.3 is 5.97 Å². The molecule has 5 heteroatoms. The predicted molar refractivity (Wildman–Crippen MR) is 95.5 cm³/mol. The number of rotatable bonds is 5. The van der Waals surface area contributed by atoms with Gasteiger partial charge in [-0.05, 0) is 30.0 Å². The van der Waals surface area contributed by atoms with Crippen molar-refractivity contribution in [3.05, 3.63) is 81.9 Å². The van der Waals surface area contributed by atoms with E-state index in [0.717, 1.165) is 11.1 Å². The molecule has 0 unspecified atom stereocenters. The average molecular weight is 336 g/mol. The van der Waals surface area contributed by atoms with Crippen LogP contribution in [-0.2, 0) is 16.1 Å². The molecule has 0 saturated carbocycles. The number of hydrogen-bond donors (Lipinski definition) is 0. The van der Waals surface area contributed by atoms with Gasteiger partial charge in [-0.1, -0.05) is 43.3 Å². The number of carbonyl (C=O) groups excluding carboxylic acids is 1. The molecule has 0 aliphatic heterocycles. The van der Waals surface area contributed by atoms with Crippen LogP contribution in [0.1, 0.15) is 36.1 Å². The molecule has 5 nitrogen and oxygen atoms in total. The molecule has 0 spiro atoms. The lowest BCUT2D eigenvalue weighted by molar-refractivity contribution is -0.145. The summed E-state index contributed by atoms with van der Waals surface area (Å²) in [6.45, 7) is 3.90. The van der Waals surface area contributed by atoms with Gasteiger partial charge in [-0.15, -0.1) is 0 Å². The maximum absolute atomic E-state index is 12.1. The van der Waals surface area contributed by atoms with Gasteiger partial charge in [-0.2, -0.15) is 0 Å². The Morgan fingerprint density at radius 3 is 2.72 bits per heavy atom. The van der Waals surface area contributed by atoms with E-state index in [1.807, 2.05) is 50.2 Å². The highest BCUT2D eigenvalue weighted by Gasteiger charge is 2.13. The quantitative estimate of drug-likeness (QED) is 0.671. The zero-order valence-electron chi connectivity index (χ0n) is 14.3. The molecule has 0 N–H and O–H groups in total. The SMILES string of the molecule is Cc1ccc2nc(COC(=O)C[C@H](C)c3ccccc3)cc(=O)n2c1. The molecule has 0 radical (unpaired) electrons. The van der Waals surface area contributed by atoms with E-state index in [4.69, 9.17) is 4.74 Å². The summed E-state index contributed by atoms with van der Waals surface area (Å²) >= 11 is 0. The predicted octanol–water partition coefficient (Wildman–Crippen LogP) is 3.24. The number of fused-ring (bicyclic) bond motifs is 1. The summed E-state index contributed by atoms with van der Waals surface area (Å²) in [7, 11) is 0. The van der Waals surface area contributed by atoms with Crippen LogP contribution in [0.15, 0.2) is 59.5 Å². The second kappa shape index (κ2) is 7.30. The van der Waals surface area contributed by atoms with E-state index in [-0.39, 0.29) is 30.5 Å². The lowest BCUT2D eigenvalue weighted by Gasteiger charge is -2.11. The number of benzene rings is 1. The average Bonchev–Trinajstić information content (AvgIpc) is 2.61. The molecule has 3 aromatic rings. The Bertz CT molecular complexity index is 948. The molecule has 0 aliphatic carbocycles. The van der Waals surface area contributed by atoms with Gasteiger partial charge in [-0.3, -0.25) is 14.0 Å². The molecule has 0 bridgehead atoms. The van der Waals surface area contributed by atoms with Crippen LogP contribution in [0.3, 0.4) is 0 Å². The number of hydrogen-bond acceptors (Lipinski definition) is 4. The number of aryl methyl sites for hydroxylation is 1. The molecule has 128 valence electrons. The number of esters is 1. The van der Waals surface area contributed by atoms with Gasteiger partial charge < -0.3 is 4.74 Å². The first-order valence-electron chi connectivity index (χ1n) is 8.22. The van der Waals surface area contributed by atoms with Crippen molar-refractivity contribution in [2.45, 2.75) is 32.8 Å². The molecule has 3 rings (SSSR count). The highest BCUT2D eigenvalue weighted by molar-refractivity contribution is 5.70. The van der Waals surface area contributed by atoms with Crippen LogP contribution in [0, 0.1) is 6.92 Å². The van der Waals surface area contributed by atoms with E-state index < -0.39 is 0 Å². The zero-order valence-corrected chi connectivity index (χ0v) is 14.3. The minimum absolute atomic E-state index is 0.0000402. The van der Waals surface area contributed by atoms with Gasteiger partial charge in [0.15, 0.2) is 0 Å². The first-order valence-corrected chi connectivity index (χ1v) is 8.22. The van der Waals surface area contributed by atoms with E-state index in [2.05, 4.69) is 4.98 Å². The van der Waals surface area contributed by atoms with Crippen molar-refractivity contribution in [2.24, 2.45) is 0 Å². The summed E-state index contributed by atoms with van der Waals surface area (Å²) in [4.78, 5) is 28.6. The third-order valence-electron chi connectivity index (χ3n) is 4.08. The molecular weight excluding hydrogens is 316 g/mol. The van der Waals surface area contributed by atoms with Gasteiger partial charge in [0, 0.05) is 12.3 Å². The Hall–Kier alpha value is -2.95. The minimum atomic E-state index is -0.303. The van der Waals surface area contributed by atoms with Crippen molar-refractivity contribution in [3.8, 4) is 0 Å². The number of ether oxygens (including phenoxy) is 1. The van der Waals surface area contributed by atoms with Crippen molar-refractivity contribution in [3.63, 3.8) is 0 Å². The normalized spacial score (nSPS) is 12.1. The smallest absolute Gasteiger partial charge is 0.306 e. The molecule has 0 fully saturated rings. The lowest BCUT2D eigenvalue weighted by Crippen LogP contribution is -2.17. The van der Waals surface area contributed by atoms with Crippen LogP contribution in [-0.4, -0.2) is 15.4 Å². The van der Waals surface area contributed by atoms with Crippen LogP contribution in [0.4, 0.5) is 0 Å². The monoisotopic (exact) mass is 336 g/mol. The second-order valence-corrected chi connectivity index (χ2v) is 6.20. The molecule has 1 aromatic carbocycles. The largest absolute Gasteiger partial charge is 0.459 e. The second-order valence-electron chi connectivity index (χ2n) is 6.20. The first-order chi connectivity index (χ1) is 12.0. The van der Waals surface area contributed by atoms with Gasteiger partial charge in [0.2, 0.25) is 0 Å². The zero-order chi connectivity index (χ0) is 17.8. The fraction of sp³-hybridized carbons (Fsp3) is 0.250. The van der Waals surface area contributed by atoms with E-state index >= 15 is 0 Å². The van der Waals surface area contributed by atoms with Crippen LogP contribution >= 0.6 is 0 Å². The van der Waals surface area contributed by atoms with E-state index in [9.17, 15) is 9.59 Å². The molecule has 0 amide bonds. The summed E-state index contributed by atoms with van der Waals surface area (Å²) in [5.74, 6) is -0.228. The molecule has 1 atom stereocenters. The Morgan fingerprint density at radius 1 is 1.20 bits per heavy atom. The topological polar surface area (TPSA) is 60.7 Å². The molecule has 2 heterocycles. The fourth-order valence-electron chi connectivity index (χ4n) is 2.69. The Morgan fingerprint density at radius 2 is 1.96 bits per heavy atom. The van der Waals surface area contributed by atoms with Crippen molar-refractivity contribution in [1.82, 2.24) is 9.38 Å². The maximum Gasteiger partial charge on any atom is 0.306 e. The fourth-order valence-corrected chi connectivity index (χ4v) is 2.69. The highest BCUT2D eigenvalue weighted by atomic mass is 16.5. The molecular formula is C20H20N2O3. The third-order valence-corrected chi connectivity index (χ3v) is 4.08. The summed E-state index contributed by atoms with van der Waals surface area (Å²) in [5.41, 5.74) is 2.89. The minimum Gasteiger partial charge on any atom is -0.459 e. The molecule has 25 heavy (non-hydrogen) atoms. The number of pyridine rings is 1. The van der Waals surface area contributed by atoms with E-state index in [1.165, 1.54) is 10.5 Å². The first kappa shape index (κ1) is 16.9. The van der Waals surface area contributed by atoms with Crippen LogP contribution < -0.4 is 5.56 Å². The van der Waals surface area contributed by atoms with Crippen molar-refractivity contribution >= 4 is 11.6 Å². The molecule has 0 aliphatic rings. The summed E-state index contributed by atoms with van der Waals surface area (Å²) in [5, 5.41) is 0. The van der Waals surface area contributed by atoms with Crippen molar-refractivity contribution in [1.29, 1.82) is 0 Å². The van der Waals surface area contributed by atoms with Crippen molar-refractivity contribution in [2.75, 3.05) is 0 Å². The molecule has 0 saturated heterocycles. The van der Waals surface area contributed by atoms with Gasteiger partial charge in [0.1, 0.15) is 12.3 Å². The Kier molecular flexibility index (Phi) is 4.93. The maximum atomic E-state index is 12.1. The van der Waals surface area contributed by atoms with Crippen LogP contribution in [0.5, 0.6) is 0 Å². The van der Waals surface area contributed by atoms with Crippen LogP contribution in [0.25, 0.3) is 5.65 Å². The number of aromatic nitrogens is 2. The van der Waals surface area contributed by atoms with E-state index in [1.54, 1.807) is 12.3 Å². The van der Waals surface area contributed by atoms with Gasteiger partial charge in [-0.25, -0.2) is 4.98 Å². The summed E-state index contributed by atoms with van der Waals surface area (Å²) < 4.78 is 6.78. The van der Waals surface area contributed by atoms with Gasteiger partial charge in [0.25, 0.3) is 5.56 Å². The summed E-state index contributed by atoms with van der Waals surface area (Å²) in [6.07, 6.45) is 2.03. The van der Waals surface area contributed by atoms with E-state index in [0.29, 0.717) is 11.3 Å². The Labute approximate surface area is 145 Å². The van der Waals surface area contributed by atoms with Crippen molar-refractivity contribution < 1.29 is 9.53 Å².